The van der Waals surface area contributed by atoms with E-state index in [0.29, 0.717) is 45.5 Å². The maximum atomic E-state index is 13.1. The van der Waals surface area contributed by atoms with Crippen LogP contribution in [-0.2, 0) is 16.2 Å². The second-order valence-electron chi connectivity index (χ2n) is 9.13. The Morgan fingerprint density at radius 3 is 2.64 bits per heavy atom. The van der Waals surface area contributed by atoms with Crippen molar-refractivity contribution in [3.05, 3.63) is 102 Å². The molecule has 3 amide bonds. The van der Waals surface area contributed by atoms with Gasteiger partial charge in [-0.05, 0) is 116 Å². The van der Waals surface area contributed by atoms with E-state index < -0.39 is 23.6 Å². The van der Waals surface area contributed by atoms with Crippen LogP contribution in [0.3, 0.4) is 0 Å². The molecule has 1 heterocycles. The van der Waals surface area contributed by atoms with Gasteiger partial charge in [-0.1, -0.05) is 54.1 Å². The van der Waals surface area contributed by atoms with Gasteiger partial charge in [0.05, 0.1) is 20.1 Å². The summed E-state index contributed by atoms with van der Waals surface area (Å²) in [6.07, 6.45) is 1.62. The van der Waals surface area contributed by atoms with Crippen LogP contribution in [0, 0.1) is 3.57 Å². The Morgan fingerprint density at radius 2 is 1.86 bits per heavy atom. The maximum Gasteiger partial charge on any atom is 0.294 e. The molecule has 0 spiro atoms. The minimum Gasteiger partial charge on any atom is -0.490 e. The number of nitrogens with zero attached hydrogens (tertiary/aromatic N) is 1. The summed E-state index contributed by atoms with van der Waals surface area (Å²) in [6, 6.07) is 22.8. The van der Waals surface area contributed by atoms with E-state index in [2.05, 4.69) is 62.0 Å². The fourth-order valence-electron chi connectivity index (χ4n) is 4.35. The molecule has 0 atom stereocenters. The summed E-state index contributed by atoms with van der Waals surface area (Å²) in [5.74, 6) is 0.0686. The molecule has 1 aliphatic heterocycles. The number of nitrogens with one attached hydrogen (secondary N) is 1. The lowest BCUT2D eigenvalue weighted by Crippen LogP contribution is -2.36. The molecule has 0 bridgehead atoms. The zero-order chi connectivity index (χ0) is 29.8. The van der Waals surface area contributed by atoms with E-state index in [1.165, 1.54) is 0 Å². The SMILES string of the molecule is CCOc1cc(/C=C2/SC(=O)N(CC(=O)Nc3ccc(Br)c(Cl)c3)C2=O)cc(I)c1OCc1cccc2ccccc12. The van der Waals surface area contributed by atoms with Gasteiger partial charge in [0.25, 0.3) is 11.1 Å². The molecule has 0 radical (unpaired) electrons. The molecule has 0 aliphatic carbocycles. The van der Waals surface area contributed by atoms with Crippen LogP contribution in [0.4, 0.5) is 10.5 Å². The molecule has 1 aliphatic rings. The molecule has 1 fully saturated rings. The van der Waals surface area contributed by atoms with Crippen molar-refractivity contribution in [2.24, 2.45) is 0 Å². The first-order chi connectivity index (χ1) is 20.2. The van der Waals surface area contributed by atoms with E-state index in [1.54, 1.807) is 30.3 Å². The van der Waals surface area contributed by atoms with Gasteiger partial charge < -0.3 is 14.8 Å². The highest BCUT2D eigenvalue weighted by Gasteiger charge is 2.36. The predicted octanol–water partition coefficient (Wildman–Crippen LogP) is 8.51. The summed E-state index contributed by atoms with van der Waals surface area (Å²) in [4.78, 5) is 39.4. The number of hydrogen-bond acceptors (Lipinski definition) is 6. The molecule has 1 N–H and O–H groups in total. The van der Waals surface area contributed by atoms with Gasteiger partial charge in [-0.2, -0.15) is 0 Å². The second kappa shape index (κ2) is 13.5. The van der Waals surface area contributed by atoms with Crippen LogP contribution in [0.2, 0.25) is 5.02 Å². The van der Waals surface area contributed by atoms with Gasteiger partial charge in [-0.25, -0.2) is 0 Å². The van der Waals surface area contributed by atoms with Crippen molar-refractivity contribution in [2.75, 3.05) is 18.5 Å². The molecule has 11 heteroatoms. The Hall–Kier alpha value is -3.06. The molecular weight excluding hydrogens is 755 g/mol. The van der Waals surface area contributed by atoms with Crippen molar-refractivity contribution in [2.45, 2.75) is 13.5 Å². The zero-order valence-electron chi connectivity index (χ0n) is 22.2. The Balaban J connectivity index is 1.32. The first-order valence-electron chi connectivity index (χ1n) is 12.8. The van der Waals surface area contributed by atoms with E-state index in [-0.39, 0.29) is 4.91 Å². The van der Waals surface area contributed by atoms with Crippen LogP contribution in [0.5, 0.6) is 11.5 Å². The molecule has 4 aromatic carbocycles. The molecular formula is C31H23BrClIN2O5S. The van der Waals surface area contributed by atoms with Gasteiger partial charge in [-0.15, -0.1) is 0 Å². The topological polar surface area (TPSA) is 84.9 Å². The van der Waals surface area contributed by atoms with E-state index in [0.717, 1.165) is 36.6 Å². The monoisotopic (exact) mass is 776 g/mol. The summed E-state index contributed by atoms with van der Waals surface area (Å²) in [5.41, 5.74) is 2.17. The van der Waals surface area contributed by atoms with E-state index in [1.807, 2.05) is 37.3 Å². The van der Waals surface area contributed by atoms with Crippen molar-refractivity contribution in [3.63, 3.8) is 0 Å². The predicted molar refractivity (Wildman–Crippen MR) is 179 cm³/mol. The number of fused-ring (bicyclic) bond motifs is 1. The van der Waals surface area contributed by atoms with E-state index >= 15 is 0 Å². The number of thioether (sulfide) groups is 1. The molecule has 0 aromatic heterocycles. The number of carbonyl (C=O) groups is 3. The molecule has 0 saturated carbocycles. The Morgan fingerprint density at radius 1 is 1.07 bits per heavy atom. The molecule has 5 rings (SSSR count). The lowest BCUT2D eigenvalue weighted by molar-refractivity contribution is -0.127. The number of ether oxygens (including phenoxy) is 2. The number of halogens is 3. The second-order valence-corrected chi connectivity index (χ2v) is 12.6. The van der Waals surface area contributed by atoms with Gasteiger partial charge >= 0.3 is 0 Å². The lowest BCUT2D eigenvalue weighted by Gasteiger charge is -2.16. The molecule has 4 aromatic rings. The summed E-state index contributed by atoms with van der Waals surface area (Å²) < 4.78 is 13.6. The largest absolute Gasteiger partial charge is 0.490 e. The van der Waals surface area contributed by atoms with Gasteiger partial charge in [0.1, 0.15) is 13.2 Å². The summed E-state index contributed by atoms with van der Waals surface area (Å²) >= 11 is 12.3. The smallest absolute Gasteiger partial charge is 0.294 e. The quantitative estimate of drug-likeness (QED) is 0.136. The number of amides is 3. The zero-order valence-corrected chi connectivity index (χ0v) is 27.5. The molecule has 0 unspecified atom stereocenters. The van der Waals surface area contributed by atoms with E-state index in [4.69, 9.17) is 21.1 Å². The van der Waals surface area contributed by atoms with Crippen molar-refractivity contribution in [1.82, 2.24) is 4.90 Å². The minimum absolute atomic E-state index is 0.210. The van der Waals surface area contributed by atoms with Crippen LogP contribution in [0.15, 0.2) is 82.2 Å². The van der Waals surface area contributed by atoms with Crippen molar-refractivity contribution < 1.29 is 23.9 Å². The summed E-state index contributed by atoms with van der Waals surface area (Å²) in [7, 11) is 0. The Bertz CT molecular complexity index is 1740. The average Bonchev–Trinajstić information content (AvgIpc) is 3.22. The summed E-state index contributed by atoms with van der Waals surface area (Å²) in [6.45, 7) is 2.23. The van der Waals surface area contributed by atoms with Crippen LogP contribution < -0.4 is 14.8 Å². The third kappa shape index (κ3) is 6.94. The van der Waals surface area contributed by atoms with Gasteiger partial charge in [0.15, 0.2) is 11.5 Å². The van der Waals surface area contributed by atoms with Crippen LogP contribution >= 0.6 is 61.9 Å². The van der Waals surface area contributed by atoms with Crippen molar-refractivity contribution in [1.29, 1.82) is 0 Å². The summed E-state index contributed by atoms with van der Waals surface area (Å²) in [5, 5.41) is 4.82. The molecule has 42 heavy (non-hydrogen) atoms. The Kier molecular flexibility index (Phi) is 9.77. The Labute approximate surface area is 273 Å². The van der Waals surface area contributed by atoms with Gasteiger partial charge in [0.2, 0.25) is 5.91 Å². The molecule has 1 saturated heterocycles. The molecule has 214 valence electrons. The highest BCUT2D eigenvalue weighted by Crippen LogP contribution is 2.38. The van der Waals surface area contributed by atoms with Crippen LogP contribution in [0.1, 0.15) is 18.1 Å². The number of hydrogen-bond donors (Lipinski definition) is 1. The number of rotatable bonds is 9. The van der Waals surface area contributed by atoms with Crippen molar-refractivity contribution >= 4 is 101 Å². The standard InChI is InChI=1S/C31H23BrClIN2O5S/c1-2-40-26-13-18(12-25(34)29(26)41-17-20-8-5-7-19-6-3-4-9-22(19)20)14-27-30(38)36(31(39)42-27)16-28(37)35-21-10-11-23(32)24(33)15-21/h3-15H,2,16-17H2,1H3,(H,35,37)/b27-14+. The molecule has 7 nitrogen and oxygen atoms in total. The lowest BCUT2D eigenvalue weighted by atomic mass is 10.1. The third-order valence-corrected chi connectivity index (χ3v) is 9.20. The van der Waals surface area contributed by atoms with Gasteiger partial charge in [0, 0.05) is 10.2 Å². The highest BCUT2D eigenvalue weighted by molar-refractivity contribution is 14.1. The number of benzene rings is 4. The highest BCUT2D eigenvalue weighted by atomic mass is 127. The minimum atomic E-state index is -0.543. The number of anilines is 1. The number of imide groups is 1. The van der Waals surface area contributed by atoms with Crippen LogP contribution in [0.25, 0.3) is 16.8 Å². The fourth-order valence-corrected chi connectivity index (χ4v) is 6.39. The average molecular weight is 778 g/mol. The van der Waals surface area contributed by atoms with E-state index in [9.17, 15) is 14.4 Å². The third-order valence-electron chi connectivity index (χ3n) is 6.26. The fraction of sp³-hybridized carbons (Fsp3) is 0.129. The van der Waals surface area contributed by atoms with Gasteiger partial charge in [-0.3, -0.25) is 19.3 Å². The van der Waals surface area contributed by atoms with Crippen LogP contribution in [-0.4, -0.2) is 35.1 Å². The first-order valence-corrected chi connectivity index (χ1v) is 15.9. The van der Waals surface area contributed by atoms with Crippen molar-refractivity contribution in [3.8, 4) is 11.5 Å². The normalized spacial score (nSPS) is 14.1. The maximum absolute atomic E-state index is 13.1. The number of carbonyl (C=O) groups excluding carboxylic acids is 3. The first kappa shape index (κ1) is 30.4.